The van der Waals surface area contributed by atoms with Gasteiger partial charge in [-0.1, -0.05) is 26.0 Å². The molecule has 0 saturated heterocycles. The molecule has 0 radical (unpaired) electrons. The summed E-state index contributed by atoms with van der Waals surface area (Å²) in [5, 5.41) is 5.87. The van der Waals surface area contributed by atoms with Gasteiger partial charge < -0.3 is 9.73 Å². The Balaban J connectivity index is 1.71. The fourth-order valence-electron chi connectivity index (χ4n) is 2.23. The Morgan fingerprint density at radius 1 is 1.22 bits per heavy atom. The molecule has 0 aliphatic heterocycles. The van der Waals surface area contributed by atoms with Crippen LogP contribution in [0.4, 0.5) is 5.69 Å². The highest BCUT2D eigenvalue weighted by molar-refractivity contribution is 7.13. The molecule has 3 aromatic rings. The Labute approximate surface area is 139 Å². The highest BCUT2D eigenvalue weighted by atomic mass is 32.1. The van der Waals surface area contributed by atoms with Crippen LogP contribution < -0.4 is 5.32 Å². The predicted molar refractivity (Wildman–Crippen MR) is 93.3 cm³/mol. The molecule has 0 atom stereocenters. The standard InChI is InChI=1S/C18H18N2O2S/c1-12(2)9-17(21)19-15-5-3-13(4-6-15)16-11-23-18(20-16)14-7-8-22-10-14/h3-8,10-12H,9H2,1-2H3,(H,19,21). The third kappa shape index (κ3) is 3.87. The SMILES string of the molecule is CC(C)CC(=O)Nc1ccc(-c2csc(-c3ccoc3)n2)cc1. The van der Waals surface area contributed by atoms with E-state index in [2.05, 4.69) is 10.3 Å². The lowest BCUT2D eigenvalue weighted by Crippen LogP contribution is -2.13. The molecule has 5 heteroatoms. The molecule has 1 amide bonds. The minimum atomic E-state index is 0.0450. The molecule has 0 aliphatic carbocycles. The summed E-state index contributed by atoms with van der Waals surface area (Å²) in [6.45, 7) is 4.06. The Morgan fingerprint density at radius 3 is 2.65 bits per heavy atom. The van der Waals surface area contributed by atoms with E-state index in [1.54, 1.807) is 23.9 Å². The Morgan fingerprint density at radius 2 is 2.00 bits per heavy atom. The molecule has 0 saturated carbocycles. The van der Waals surface area contributed by atoms with E-state index in [-0.39, 0.29) is 5.91 Å². The molecule has 23 heavy (non-hydrogen) atoms. The van der Waals surface area contributed by atoms with Gasteiger partial charge in [0.25, 0.3) is 0 Å². The molecule has 0 spiro atoms. The number of benzene rings is 1. The maximum absolute atomic E-state index is 11.8. The van der Waals surface area contributed by atoms with Gasteiger partial charge in [0, 0.05) is 28.6 Å². The zero-order valence-corrected chi connectivity index (χ0v) is 13.9. The average Bonchev–Trinajstić information content (AvgIpc) is 3.18. The minimum absolute atomic E-state index is 0.0450. The smallest absolute Gasteiger partial charge is 0.224 e. The predicted octanol–water partition coefficient (Wildman–Crippen LogP) is 5.05. The number of rotatable bonds is 5. The van der Waals surface area contributed by atoms with E-state index in [9.17, 15) is 4.79 Å². The van der Waals surface area contributed by atoms with Gasteiger partial charge in [0.2, 0.25) is 5.91 Å². The van der Waals surface area contributed by atoms with Crippen molar-refractivity contribution in [3.05, 3.63) is 48.2 Å². The van der Waals surface area contributed by atoms with Gasteiger partial charge in [-0.2, -0.15) is 0 Å². The second-order valence-electron chi connectivity index (χ2n) is 5.77. The monoisotopic (exact) mass is 326 g/mol. The Hall–Kier alpha value is -2.40. The van der Waals surface area contributed by atoms with E-state index < -0.39 is 0 Å². The van der Waals surface area contributed by atoms with Crippen molar-refractivity contribution in [1.82, 2.24) is 4.98 Å². The molecule has 4 nitrogen and oxygen atoms in total. The van der Waals surface area contributed by atoms with Gasteiger partial charge in [-0.15, -0.1) is 11.3 Å². The summed E-state index contributed by atoms with van der Waals surface area (Å²) in [4.78, 5) is 16.4. The van der Waals surface area contributed by atoms with Gasteiger partial charge in [-0.05, 0) is 24.1 Å². The fourth-order valence-corrected chi connectivity index (χ4v) is 3.05. The Kier molecular flexibility index (Phi) is 4.57. The maximum atomic E-state index is 11.8. The molecule has 2 heterocycles. The first-order valence-corrected chi connectivity index (χ1v) is 8.38. The van der Waals surface area contributed by atoms with E-state index in [4.69, 9.17) is 4.42 Å². The van der Waals surface area contributed by atoms with Crippen LogP contribution in [0.15, 0.2) is 52.7 Å². The zero-order valence-electron chi connectivity index (χ0n) is 13.1. The zero-order chi connectivity index (χ0) is 16.2. The second kappa shape index (κ2) is 6.79. The molecule has 3 rings (SSSR count). The van der Waals surface area contributed by atoms with Crippen molar-refractivity contribution < 1.29 is 9.21 Å². The van der Waals surface area contributed by atoms with E-state index in [0.29, 0.717) is 12.3 Å². The van der Waals surface area contributed by atoms with Gasteiger partial charge in [-0.3, -0.25) is 4.79 Å². The number of carbonyl (C=O) groups is 1. The molecule has 118 valence electrons. The quantitative estimate of drug-likeness (QED) is 0.713. The van der Waals surface area contributed by atoms with Gasteiger partial charge in [0.1, 0.15) is 11.3 Å². The molecule has 2 aromatic heterocycles. The molecule has 0 bridgehead atoms. The number of anilines is 1. The van der Waals surface area contributed by atoms with Crippen LogP contribution in [0.5, 0.6) is 0 Å². The third-order valence-corrected chi connectivity index (χ3v) is 4.22. The number of thiazole rings is 1. The first-order chi connectivity index (χ1) is 11.1. The van der Waals surface area contributed by atoms with Crippen LogP contribution in [0.1, 0.15) is 20.3 Å². The average molecular weight is 326 g/mol. The van der Waals surface area contributed by atoms with Crippen molar-refractivity contribution >= 4 is 22.9 Å². The number of furan rings is 1. The van der Waals surface area contributed by atoms with Crippen molar-refractivity contribution in [2.45, 2.75) is 20.3 Å². The lowest BCUT2D eigenvalue weighted by molar-refractivity contribution is -0.116. The van der Waals surface area contributed by atoms with Crippen molar-refractivity contribution in [3.8, 4) is 21.8 Å². The van der Waals surface area contributed by atoms with E-state index in [1.165, 1.54) is 0 Å². The molecule has 0 unspecified atom stereocenters. The Bertz CT molecular complexity index is 774. The van der Waals surface area contributed by atoms with E-state index in [0.717, 1.165) is 27.5 Å². The van der Waals surface area contributed by atoms with Crippen LogP contribution in [0.3, 0.4) is 0 Å². The van der Waals surface area contributed by atoms with E-state index in [1.807, 2.05) is 49.6 Å². The number of hydrogen-bond donors (Lipinski definition) is 1. The van der Waals surface area contributed by atoms with Gasteiger partial charge in [0.05, 0.1) is 12.0 Å². The topological polar surface area (TPSA) is 55.1 Å². The van der Waals surface area contributed by atoms with Gasteiger partial charge in [0.15, 0.2) is 0 Å². The van der Waals surface area contributed by atoms with Crippen molar-refractivity contribution in [2.24, 2.45) is 5.92 Å². The summed E-state index contributed by atoms with van der Waals surface area (Å²) < 4.78 is 5.09. The first kappa shape index (κ1) is 15.5. The largest absolute Gasteiger partial charge is 0.472 e. The molecular weight excluding hydrogens is 308 g/mol. The number of aromatic nitrogens is 1. The van der Waals surface area contributed by atoms with Crippen molar-refractivity contribution in [1.29, 1.82) is 0 Å². The summed E-state index contributed by atoms with van der Waals surface area (Å²) in [6.07, 6.45) is 3.86. The molecular formula is C18H18N2O2S. The molecule has 0 fully saturated rings. The molecule has 1 aromatic carbocycles. The van der Waals surface area contributed by atoms with Crippen molar-refractivity contribution in [3.63, 3.8) is 0 Å². The number of nitrogens with zero attached hydrogens (tertiary/aromatic N) is 1. The number of amides is 1. The maximum Gasteiger partial charge on any atom is 0.224 e. The molecule has 1 N–H and O–H groups in total. The summed E-state index contributed by atoms with van der Waals surface area (Å²) in [5.41, 5.74) is 3.74. The third-order valence-electron chi connectivity index (χ3n) is 3.33. The number of carbonyl (C=O) groups excluding carboxylic acids is 1. The van der Waals surface area contributed by atoms with Crippen LogP contribution >= 0.6 is 11.3 Å². The van der Waals surface area contributed by atoms with Crippen LogP contribution in [-0.2, 0) is 4.79 Å². The summed E-state index contributed by atoms with van der Waals surface area (Å²) >= 11 is 1.58. The first-order valence-electron chi connectivity index (χ1n) is 7.50. The van der Waals surface area contributed by atoms with Gasteiger partial charge in [-0.25, -0.2) is 4.98 Å². The normalized spacial score (nSPS) is 10.9. The highest BCUT2D eigenvalue weighted by Crippen LogP contribution is 2.29. The van der Waals surface area contributed by atoms with Crippen LogP contribution in [0.2, 0.25) is 0 Å². The fraction of sp³-hybridized carbons (Fsp3) is 0.222. The van der Waals surface area contributed by atoms with E-state index >= 15 is 0 Å². The van der Waals surface area contributed by atoms with Gasteiger partial charge >= 0.3 is 0 Å². The summed E-state index contributed by atoms with van der Waals surface area (Å²) in [7, 11) is 0. The number of hydrogen-bond acceptors (Lipinski definition) is 4. The lowest BCUT2D eigenvalue weighted by atomic mass is 10.1. The number of nitrogens with one attached hydrogen (secondary N) is 1. The highest BCUT2D eigenvalue weighted by Gasteiger charge is 2.09. The second-order valence-corrected chi connectivity index (χ2v) is 6.63. The van der Waals surface area contributed by atoms with Crippen LogP contribution in [-0.4, -0.2) is 10.9 Å². The summed E-state index contributed by atoms with van der Waals surface area (Å²) in [6, 6.07) is 9.66. The minimum Gasteiger partial charge on any atom is -0.472 e. The summed E-state index contributed by atoms with van der Waals surface area (Å²) in [5.74, 6) is 0.397. The van der Waals surface area contributed by atoms with Crippen molar-refractivity contribution in [2.75, 3.05) is 5.32 Å². The molecule has 0 aliphatic rings. The lowest BCUT2D eigenvalue weighted by Gasteiger charge is -2.07. The van der Waals surface area contributed by atoms with Crippen LogP contribution in [0, 0.1) is 5.92 Å². The van der Waals surface area contributed by atoms with Crippen LogP contribution in [0.25, 0.3) is 21.8 Å².